The Kier molecular flexibility index (Phi) is 10.6. The van der Waals surface area contributed by atoms with Gasteiger partial charge in [0.15, 0.2) is 0 Å². The van der Waals surface area contributed by atoms with E-state index in [0.29, 0.717) is 48.0 Å². The molecule has 0 unspecified atom stereocenters. The third-order valence-electron chi connectivity index (χ3n) is 16.0. The average molecular weight is 641 g/mol. The summed E-state index contributed by atoms with van der Waals surface area (Å²) in [5.41, 5.74) is 2.25. The van der Waals surface area contributed by atoms with Crippen LogP contribution in [0.4, 0.5) is 0 Å². The summed E-state index contributed by atoms with van der Waals surface area (Å²) in [6.45, 7) is 20.0. The van der Waals surface area contributed by atoms with Crippen molar-refractivity contribution in [1.82, 2.24) is 0 Å². The smallest absolute Gasteiger partial charge is 0.305 e. The molecule has 0 heterocycles. The van der Waals surface area contributed by atoms with Gasteiger partial charge in [0.05, 0.1) is 12.7 Å². The van der Waals surface area contributed by atoms with Crippen LogP contribution in [0.25, 0.3) is 0 Å². The second-order valence-electron chi connectivity index (χ2n) is 18.5. The van der Waals surface area contributed by atoms with Crippen LogP contribution < -0.4 is 0 Å². The number of carbonyl (C=O) groups excluding carboxylic acids is 1. The molecule has 5 rings (SSSR count). The van der Waals surface area contributed by atoms with Crippen LogP contribution in [0.1, 0.15) is 164 Å². The van der Waals surface area contributed by atoms with Gasteiger partial charge in [0.2, 0.25) is 0 Å². The van der Waals surface area contributed by atoms with Crippen molar-refractivity contribution in [2.24, 2.45) is 56.7 Å². The summed E-state index contributed by atoms with van der Waals surface area (Å²) < 4.78 is 6.21. The van der Waals surface area contributed by atoms with E-state index in [2.05, 4.69) is 48.1 Å². The van der Waals surface area contributed by atoms with Crippen LogP contribution >= 0.6 is 0 Å². The predicted octanol–water partition coefficient (Wildman–Crippen LogP) is 10.1. The van der Waals surface area contributed by atoms with Crippen molar-refractivity contribution in [3.05, 3.63) is 12.2 Å². The maximum atomic E-state index is 13.0. The number of unbranched alkanes of at least 4 members (excludes halogenated alkanes) is 6. The summed E-state index contributed by atoms with van der Waals surface area (Å²) in [4.78, 5) is 23.7. The summed E-state index contributed by atoms with van der Waals surface area (Å²) in [6, 6.07) is 0. The Labute approximate surface area is 281 Å². The monoisotopic (exact) mass is 641 g/mol. The van der Waals surface area contributed by atoms with Gasteiger partial charge in [-0.2, -0.15) is 0 Å². The number of ether oxygens (including phenoxy) is 1. The molecule has 0 amide bonds. The fourth-order valence-corrected chi connectivity index (χ4v) is 13.3. The van der Waals surface area contributed by atoms with Crippen LogP contribution in [0.2, 0.25) is 0 Å². The minimum atomic E-state index is -0.705. The molecule has 0 saturated heterocycles. The molecule has 5 saturated carbocycles. The zero-order valence-electron chi connectivity index (χ0n) is 30.4. The summed E-state index contributed by atoms with van der Waals surface area (Å²) >= 11 is 0. The molecule has 5 nitrogen and oxygen atoms in total. The molecule has 0 aromatic carbocycles. The molecule has 0 bridgehead atoms. The second kappa shape index (κ2) is 13.5. The Morgan fingerprint density at radius 2 is 1.39 bits per heavy atom. The van der Waals surface area contributed by atoms with Crippen molar-refractivity contribution in [2.45, 2.75) is 170 Å². The first-order chi connectivity index (χ1) is 21.6. The van der Waals surface area contributed by atoms with Gasteiger partial charge < -0.3 is 14.9 Å². The lowest BCUT2D eigenvalue weighted by atomic mass is 9.32. The topological polar surface area (TPSA) is 83.8 Å². The van der Waals surface area contributed by atoms with Gasteiger partial charge in [-0.05, 0) is 135 Å². The van der Waals surface area contributed by atoms with Crippen LogP contribution in [0.15, 0.2) is 12.2 Å². The Balaban J connectivity index is 1.23. The molecule has 46 heavy (non-hydrogen) atoms. The largest absolute Gasteiger partial charge is 0.481 e. The molecule has 0 radical (unpaired) electrons. The fraction of sp³-hybridized carbons (Fsp3) is 0.902. The highest BCUT2D eigenvalue weighted by molar-refractivity contribution is 5.69. The number of carboxylic acids is 1. The zero-order chi connectivity index (χ0) is 33.5. The number of aliphatic hydroxyl groups excluding tert-OH is 1. The van der Waals surface area contributed by atoms with E-state index < -0.39 is 5.97 Å². The molecule has 262 valence electrons. The van der Waals surface area contributed by atoms with Crippen LogP contribution in [-0.2, 0) is 14.3 Å². The van der Waals surface area contributed by atoms with Crippen LogP contribution in [0.5, 0.6) is 0 Å². The number of carbonyl (C=O) groups is 2. The van der Waals surface area contributed by atoms with Crippen molar-refractivity contribution in [2.75, 3.05) is 6.61 Å². The number of rotatable bonds is 13. The van der Waals surface area contributed by atoms with Gasteiger partial charge in [-0.1, -0.05) is 78.9 Å². The van der Waals surface area contributed by atoms with Gasteiger partial charge in [0.25, 0.3) is 0 Å². The molecule has 5 aliphatic carbocycles. The van der Waals surface area contributed by atoms with E-state index in [4.69, 9.17) is 9.84 Å². The van der Waals surface area contributed by atoms with Crippen molar-refractivity contribution >= 4 is 11.9 Å². The van der Waals surface area contributed by atoms with Gasteiger partial charge in [0, 0.05) is 18.3 Å². The lowest BCUT2D eigenvalue weighted by Crippen LogP contribution is -2.66. The molecule has 0 aromatic rings. The second-order valence-corrected chi connectivity index (χ2v) is 18.5. The van der Waals surface area contributed by atoms with Crippen molar-refractivity contribution in [1.29, 1.82) is 0 Å². The number of carboxylic acid groups (broad SMARTS) is 1. The van der Waals surface area contributed by atoms with Crippen molar-refractivity contribution in [3.63, 3.8) is 0 Å². The first-order valence-corrected chi connectivity index (χ1v) is 19.3. The fourth-order valence-electron chi connectivity index (χ4n) is 13.3. The summed E-state index contributed by atoms with van der Waals surface area (Å²) in [6.07, 6.45) is 19.5. The number of aliphatic carboxylic acids is 1. The van der Waals surface area contributed by atoms with Gasteiger partial charge in [-0.25, -0.2) is 0 Å². The molecular formula is C41H68O5. The first-order valence-electron chi connectivity index (χ1n) is 19.3. The highest BCUT2D eigenvalue weighted by atomic mass is 16.5. The SMILES string of the molecule is C=C(C)[C@@H]1CC[C@]2(COC(=O)CCCCCCCCCC(=O)O)CC[C@]3(C)[C@H](CC[C@@H]4[C@@]5(C)CC[C@H](O)C(C)(C)[C@@H]5CC[C@]43C)[C@@H]12. The predicted molar refractivity (Wildman–Crippen MR) is 185 cm³/mol. The molecule has 0 aromatic heterocycles. The quantitative estimate of drug-likeness (QED) is 0.119. The molecule has 5 fully saturated rings. The minimum Gasteiger partial charge on any atom is -0.481 e. The molecule has 5 heteroatoms. The molecule has 0 spiro atoms. The van der Waals surface area contributed by atoms with Crippen LogP contribution in [0, 0.1) is 56.7 Å². The lowest BCUT2D eigenvalue weighted by molar-refractivity contribution is -0.250. The maximum absolute atomic E-state index is 13.0. The van der Waals surface area contributed by atoms with E-state index in [1.54, 1.807) is 0 Å². The number of hydrogen-bond donors (Lipinski definition) is 2. The maximum Gasteiger partial charge on any atom is 0.305 e. The van der Waals surface area contributed by atoms with E-state index in [9.17, 15) is 14.7 Å². The lowest BCUT2D eigenvalue weighted by Gasteiger charge is -2.73. The summed E-state index contributed by atoms with van der Waals surface area (Å²) in [7, 11) is 0. The molecule has 10 atom stereocenters. The van der Waals surface area contributed by atoms with Gasteiger partial charge in [-0.15, -0.1) is 0 Å². The van der Waals surface area contributed by atoms with E-state index in [1.165, 1.54) is 44.1 Å². The standard InChI is InChI=1S/C41H68O5/c1-28(2)29-19-24-41(27-46-35(45)16-14-12-10-8-9-11-13-15-34(43)44)26-25-39(6)30(36(29)41)17-18-32-38(5)22-21-33(42)37(3,4)31(38)20-23-40(32,39)7/h29-33,36,42H,1,8-27H2,2-7H3,(H,43,44)/t29-,30+,31-,32+,33-,36+,38-,39+,40+,41+/m0/s1. The Bertz CT molecular complexity index is 1130. The summed E-state index contributed by atoms with van der Waals surface area (Å²) in [5, 5.41) is 19.8. The van der Waals surface area contributed by atoms with Crippen LogP contribution in [-0.4, -0.2) is 34.9 Å². The zero-order valence-corrected chi connectivity index (χ0v) is 30.4. The van der Waals surface area contributed by atoms with E-state index in [1.807, 2.05) is 0 Å². The number of allylic oxidation sites excluding steroid dienone is 1. The number of fused-ring (bicyclic) bond motifs is 7. The summed E-state index contributed by atoms with van der Waals surface area (Å²) in [5.74, 6) is 2.27. The molecule has 5 aliphatic rings. The molecular weight excluding hydrogens is 572 g/mol. The number of esters is 1. The van der Waals surface area contributed by atoms with Crippen LogP contribution in [0.3, 0.4) is 0 Å². The average Bonchev–Trinajstić information content (AvgIpc) is 3.38. The first kappa shape index (κ1) is 35.9. The Morgan fingerprint density at radius 3 is 2.04 bits per heavy atom. The van der Waals surface area contributed by atoms with Crippen molar-refractivity contribution in [3.8, 4) is 0 Å². The normalized spacial score (nSPS) is 42.7. The highest BCUT2D eigenvalue weighted by Crippen LogP contribution is 2.77. The van der Waals surface area contributed by atoms with Gasteiger partial charge >= 0.3 is 11.9 Å². The van der Waals surface area contributed by atoms with Crippen molar-refractivity contribution < 1.29 is 24.5 Å². The highest BCUT2D eigenvalue weighted by Gasteiger charge is 2.71. The molecule has 0 aliphatic heterocycles. The number of hydrogen-bond acceptors (Lipinski definition) is 4. The van der Waals surface area contributed by atoms with Gasteiger partial charge in [-0.3, -0.25) is 9.59 Å². The third kappa shape index (κ3) is 6.15. The third-order valence-corrected chi connectivity index (χ3v) is 16.0. The Hall–Kier alpha value is -1.36. The number of aliphatic hydroxyl groups is 1. The Morgan fingerprint density at radius 1 is 0.739 bits per heavy atom. The van der Waals surface area contributed by atoms with E-state index >= 15 is 0 Å². The van der Waals surface area contributed by atoms with Gasteiger partial charge in [0.1, 0.15) is 0 Å². The van der Waals surface area contributed by atoms with E-state index in [0.717, 1.165) is 70.6 Å². The minimum absolute atomic E-state index is 0.0164. The van der Waals surface area contributed by atoms with E-state index in [-0.39, 0.29) is 40.2 Å². The molecule has 2 N–H and O–H groups in total.